The molecule has 0 aliphatic heterocycles. The lowest BCUT2D eigenvalue weighted by Crippen LogP contribution is -2.33. The van der Waals surface area contributed by atoms with Crippen LogP contribution in [-0.2, 0) is 0 Å². The molecule has 0 aromatic heterocycles. The Balaban J connectivity index is 1.79. The zero-order chi connectivity index (χ0) is 14.4. The monoisotopic (exact) mass is 294 g/mol. The molecule has 1 aliphatic rings. The van der Waals surface area contributed by atoms with E-state index in [1.165, 1.54) is 12.8 Å². The van der Waals surface area contributed by atoms with E-state index in [-0.39, 0.29) is 0 Å². The molecule has 1 aromatic carbocycles. The Morgan fingerprint density at radius 2 is 2.00 bits per heavy atom. The van der Waals surface area contributed by atoms with Gasteiger partial charge in [0.1, 0.15) is 6.61 Å². The van der Waals surface area contributed by atoms with Crippen molar-refractivity contribution in [3.63, 3.8) is 0 Å². The minimum atomic E-state index is 0.585. The largest absolute Gasteiger partial charge is 0.493 e. The van der Waals surface area contributed by atoms with Crippen molar-refractivity contribution in [3.05, 3.63) is 24.3 Å². The lowest BCUT2D eigenvalue weighted by molar-refractivity contribution is 0.201. The normalized spacial score (nSPS) is 14.3. The number of ether oxygens (including phenoxy) is 2. The van der Waals surface area contributed by atoms with Gasteiger partial charge in [-0.05, 0) is 25.0 Å². The van der Waals surface area contributed by atoms with Crippen LogP contribution in [0.3, 0.4) is 0 Å². The standard InChI is InChI=1S/C15H22N2O2S/c1-18-13-4-2-3-5-14(13)19-11-10-17(12-6-7-12)9-8-15(16)20/h2-5,12H,6-11H2,1H3,(H2,16,20). The Morgan fingerprint density at radius 1 is 1.30 bits per heavy atom. The van der Waals surface area contributed by atoms with Gasteiger partial charge in [0.05, 0.1) is 12.1 Å². The van der Waals surface area contributed by atoms with Gasteiger partial charge >= 0.3 is 0 Å². The van der Waals surface area contributed by atoms with Crippen molar-refractivity contribution >= 4 is 17.2 Å². The Kier molecular flexibility index (Phi) is 5.61. The first-order valence-electron chi connectivity index (χ1n) is 6.99. The Labute approximate surface area is 125 Å². The van der Waals surface area contributed by atoms with E-state index in [0.29, 0.717) is 17.6 Å². The molecule has 0 bridgehead atoms. The molecule has 0 spiro atoms. The Morgan fingerprint density at radius 3 is 2.60 bits per heavy atom. The van der Waals surface area contributed by atoms with Crippen LogP contribution in [0.1, 0.15) is 19.3 Å². The molecule has 110 valence electrons. The first kappa shape index (κ1) is 15.1. The number of hydrogen-bond acceptors (Lipinski definition) is 4. The maximum absolute atomic E-state index is 5.81. The van der Waals surface area contributed by atoms with Crippen LogP contribution in [0.15, 0.2) is 24.3 Å². The number of para-hydroxylation sites is 2. The van der Waals surface area contributed by atoms with Gasteiger partial charge in [0.15, 0.2) is 11.5 Å². The number of hydrogen-bond donors (Lipinski definition) is 1. The second-order valence-corrected chi connectivity index (χ2v) is 5.51. The summed E-state index contributed by atoms with van der Waals surface area (Å²) < 4.78 is 11.1. The minimum Gasteiger partial charge on any atom is -0.493 e. The third kappa shape index (κ3) is 4.65. The number of thiocarbonyl (C=S) groups is 1. The SMILES string of the molecule is COc1ccccc1OCCN(CCC(N)=S)C1CC1. The Bertz CT molecular complexity index is 449. The summed E-state index contributed by atoms with van der Waals surface area (Å²) in [6.45, 7) is 2.47. The molecule has 0 saturated heterocycles. The fourth-order valence-corrected chi connectivity index (χ4v) is 2.27. The van der Waals surface area contributed by atoms with E-state index in [2.05, 4.69) is 4.90 Å². The summed E-state index contributed by atoms with van der Waals surface area (Å²) in [4.78, 5) is 3.00. The van der Waals surface area contributed by atoms with Gasteiger partial charge in [-0.3, -0.25) is 4.90 Å². The van der Waals surface area contributed by atoms with E-state index in [9.17, 15) is 0 Å². The molecule has 0 amide bonds. The second kappa shape index (κ2) is 7.45. The first-order chi connectivity index (χ1) is 9.70. The van der Waals surface area contributed by atoms with Crippen LogP contribution in [0.25, 0.3) is 0 Å². The maximum Gasteiger partial charge on any atom is 0.161 e. The summed E-state index contributed by atoms with van der Waals surface area (Å²) in [5.74, 6) is 1.56. The average molecular weight is 294 g/mol. The van der Waals surface area contributed by atoms with Crippen molar-refractivity contribution in [2.24, 2.45) is 5.73 Å². The zero-order valence-electron chi connectivity index (χ0n) is 11.9. The molecule has 1 aromatic rings. The van der Waals surface area contributed by atoms with Crippen LogP contribution in [0.4, 0.5) is 0 Å². The molecule has 1 fully saturated rings. The smallest absolute Gasteiger partial charge is 0.161 e. The number of methoxy groups -OCH3 is 1. The van der Waals surface area contributed by atoms with E-state index in [1.807, 2.05) is 24.3 Å². The highest BCUT2D eigenvalue weighted by Gasteiger charge is 2.28. The second-order valence-electron chi connectivity index (χ2n) is 4.98. The molecule has 1 saturated carbocycles. The molecular weight excluding hydrogens is 272 g/mol. The van der Waals surface area contributed by atoms with E-state index >= 15 is 0 Å². The highest BCUT2D eigenvalue weighted by atomic mass is 32.1. The lowest BCUT2D eigenvalue weighted by atomic mass is 10.3. The predicted molar refractivity (Wildman–Crippen MR) is 84.5 cm³/mol. The third-order valence-corrected chi connectivity index (χ3v) is 3.62. The molecule has 0 radical (unpaired) electrons. The lowest BCUT2D eigenvalue weighted by Gasteiger charge is -2.22. The highest BCUT2D eigenvalue weighted by Crippen LogP contribution is 2.28. The van der Waals surface area contributed by atoms with E-state index < -0.39 is 0 Å². The molecule has 0 unspecified atom stereocenters. The summed E-state index contributed by atoms with van der Waals surface area (Å²) >= 11 is 4.95. The molecule has 4 nitrogen and oxygen atoms in total. The van der Waals surface area contributed by atoms with Crippen molar-refractivity contribution in [1.29, 1.82) is 0 Å². The van der Waals surface area contributed by atoms with Crippen LogP contribution in [0, 0.1) is 0 Å². The van der Waals surface area contributed by atoms with Crippen LogP contribution in [0.5, 0.6) is 11.5 Å². The molecular formula is C15H22N2O2S. The molecule has 2 rings (SSSR count). The Hall–Kier alpha value is -1.33. The summed E-state index contributed by atoms with van der Waals surface area (Å²) in [5.41, 5.74) is 5.58. The topological polar surface area (TPSA) is 47.7 Å². The van der Waals surface area contributed by atoms with E-state index in [1.54, 1.807) is 7.11 Å². The van der Waals surface area contributed by atoms with Gasteiger partial charge < -0.3 is 15.2 Å². The summed E-state index contributed by atoms with van der Waals surface area (Å²) in [5, 5.41) is 0. The zero-order valence-corrected chi connectivity index (χ0v) is 12.7. The summed E-state index contributed by atoms with van der Waals surface area (Å²) in [6.07, 6.45) is 3.32. The molecule has 0 heterocycles. The third-order valence-electron chi connectivity index (χ3n) is 3.41. The van der Waals surface area contributed by atoms with Crippen LogP contribution >= 0.6 is 12.2 Å². The predicted octanol–water partition coefficient (Wildman–Crippen LogP) is 2.21. The van der Waals surface area contributed by atoms with Crippen LogP contribution in [-0.4, -0.2) is 42.7 Å². The molecule has 5 heteroatoms. The number of nitrogens with zero attached hydrogens (tertiary/aromatic N) is 1. The highest BCUT2D eigenvalue weighted by molar-refractivity contribution is 7.80. The fourth-order valence-electron chi connectivity index (χ4n) is 2.18. The molecule has 20 heavy (non-hydrogen) atoms. The van der Waals surface area contributed by atoms with Gasteiger partial charge in [-0.25, -0.2) is 0 Å². The van der Waals surface area contributed by atoms with Gasteiger partial charge in [-0.2, -0.15) is 0 Å². The number of nitrogens with two attached hydrogens (primary N) is 1. The van der Waals surface area contributed by atoms with Gasteiger partial charge in [-0.1, -0.05) is 24.4 Å². The van der Waals surface area contributed by atoms with E-state index in [0.717, 1.165) is 31.0 Å². The molecule has 1 aliphatic carbocycles. The van der Waals surface area contributed by atoms with Gasteiger partial charge in [0.25, 0.3) is 0 Å². The summed E-state index contributed by atoms with van der Waals surface area (Å²) in [6, 6.07) is 8.40. The molecule has 2 N–H and O–H groups in total. The van der Waals surface area contributed by atoms with Crippen molar-refractivity contribution < 1.29 is 9.47 Å². The summed E-state index contributed by atoms with van der Waals surface area (Å²) in [7, 11) is 1.65. The van der Waals surface area contributed by atoms with E-state index in [4.69, 9.17) is 27.4 Å². The number of benzene rings is 1. The average Bonchev–Trinajstić information content (AvgIpc) is 3.27. The fraction of sp³-hybridized carbons (Fsp3) is 0.533. The first-order valence-corrected chi connectivity index (χ1v) is 7.39. The van der Waals surface area contributed by atoms with Crippen molar-refractivity contribution in [3.8, 4) is 11.5 Å². The van der Waals surface area contributed by atoms with Crippen LogP contribution < -0.4 is 15.2 Å². The van der Waals surface area contributed by atoms with Gasteiger partial charge in [-0.15, -0.1) is 0 Å². The minimum absolute atomic E-state index is 0.585. The van der Waals surface area contributed by atoms with Crippen molar-refractivity contribution in [2.45, 2.75) is 25.3 Å². The maximum atomic E-state index is 5.81. The van der Waals surface area contributed by atoms with Crippen molar-refractivity contribution in [1.82, 2.24) is 4.90 Å². The quantitative estimate of drug-likeness (QED) is 0.708. The van der Waals surface area contributed by atoms with Gasteiger partial charge in [0.2, 0.25) is 0 Å². The number of rotatable bonds is 9. The molecule has 0 atom stereocenters. The van der Waals surface area contributed by atoms with Crippen molar-refractivity contribution in [2.75, 3.05) is 26.8 Å². The van der Waals surface area contributed by atoms with Gasteiger partial charge in [0, 0.05) is 25.6 Å². The van der Waals surface area contributed by atoms with Crippen LogP contribution in [0.2, 0.25) is 0 Å².